The number of benzene rings is 1. The van der Waals surface area contributed by atoms with Gasteiger partial charge in [-0.2, -0.15) is 5.26 Å². The molecule has 0 bridgehead atoms. The first-order chi connectivity index (χ1) is 13.3. The number of esters is 1. The van der Waals surface area contributed by atoms with E-state index < -0.39 is 16.8 Å². The van der Waals surface area contributed by atoms with Crippen molar-refractivity contribution < 1.29 is 19.2 Å². The maximum Gasteiger partial charge on any atom is 0.341 e. The molecule has 1 heterocycles. The third-order valence-corrected chi connectivity index (χ3v) is 4.97. The molecule has 0 aliphatic carbocycles. The van der Waals surface area contributed by atoms with E-state index in [2.05, 4.69) is 5.32 Å². The number of amides is 1. The Morgan fingerprint density at radius 3 is 2.71 bits per heavy atom. The van der Waals surface area contributed by atoms with Crippen molar-refractivity contribution in [2.45, 2.75) is 20.8 Å². The van der Waals surface area contributed by atoms with Crippen molar-refractivity contribution in [3.8, 4) is 6.07 Å². The fourth-order valence-electron chi connectivity index (χ4n) is 2.38. The third-order valence-electron chi connectivity index (χ3n) is 3.85. The van der Waals surface area contributed by atoms with Crippen LogP contribution in [0.5, 0.6) is 0 Å². The molecule has 8 nitrogen and oxygen atoms in total. The maximum atomic E-state index is 12.5. The van der Waals surface area contributed by atoms with E-state index >= 15 is 0 Å². The van der Waals surface area contributed by atoms with E-state index in [4.69, 9.17) is 4.74 Å². The number of thiophene rings is 1. The number of anilines is 1. The first-order valence-electron chi connectivity index (χ1n) is 8.23. The summed E-state index contributed by atoms with van der Waals surface area (Å²) in [6.07, 6.45) is 1.25. The monoisotopic (exact) mass is 399 g/mol. The number of carbonyl (C=O) groups is 2. The fourth-order valence-corrected chi connectivity index (χ4v) is 3.42. The molecule has 0 saturated heterocycles. The Kier molecular flexibility index (Phi) is 6.63. The molecule has 144 valence electrons. The lowest BCUT2D eigenvalue weighted by molar-refractivity contribution is -0.384. The number of nitriles is 1. The van der Waals surface area contributed by atoms with Crippen LogP contribution in [0.1, 0.15) is 33.3 Å². The fraction of sp³-hybridized carbons (Fsp3) is 0.211. The van der Waals surface area contributed by atoms with E-state index in [0.717, 1.165) is 4.88 Å². The summed E-state index contributed by atoms with van der Waals surface area (Å²) in [5.41, 5.74) is 0.884. The second kappa shape index (κ2) is 8.92. The van der Waals surface area contributed by atoms with Gasteiger partial charge in [0, 0.05) is 17.0 Å². The molecule has 0 aliphatic rings. The molecule has 0 atom stereocenters. The number of ether oxygens (including phenoxy) is 1. The van der Waals surface area contributed by atoms with Crippen LogP contribution in [-0.4, -0.2) is 23.4 Å². The molecular weight excluding hydrogens is 382 g/mol. The van der Waals surface area contributed by atoms with Crippen molar-refractivity contribution in [1.82, 2.24) is 0 Å². The van der Waals surface area contributed by atoms with Gasteiger partial charge in [0.2, 0.25) is 0 Å². The van der Waals surface area contributed by atoms with Crippen LogP contribution in [0.15, 0.2) is 29.8 Å². The van der Waals surface area contributed by atoms with Gasteiger partial charge in [-0.15, -0.1) is 11.3 Å². The smallest absolute Gasteiger partial charge is 0.341 e. The summed E-state index contributed by atoms with van der Waals surface area (Å²) in [5.74, 6) is -1.28. The number of aryl methyl sites for hydroxylation is 1. The SMILES string of the molecule is CCOC(=O)c1c(NC(=O)C(C#N)=Cc2cccc([N+](=O)[O-])c2)sc(C)c1C. The number of non-ortho nitro benzene ring substituents is 1. The predicted molar refractivity (Wildman–Crippen MR) is 105 cm³/mol. The quantitative estimate of drug-likeness (QED) is 0.258. The lowest BCUT2D eigenvalue weighted by atomic mass is 10.1. The molecule has 1 aromatic heterocycles. The minimum atomic E-state index is -0.721. The van der Waals surface area contributed by atoms with Gasteiger partial charge in [0.05, 0.1) is 17.1 Å². The third kappa shape index (κ3) is 4.61. The Bertz CT molecular complexity index is 1020. The summed E-state index contributed by atoms with van der Waals surface area (Å²) in [6.45, 7) is 5.43. The van der Waals surface area contributed by atoms with Crippen LogP contribution in [0.4, 0.5) is 10.7 Å². The zero-order valence-electron chi connectivity index (χ0n) is 15.4. The molecule has 1 aromatic carbocycles. The van der Waals surface area contributed by atoms with Crippen LogP contribution >= 0.6 is 11.3 Å². The number of rotatable bonds is 6. The van der Waals surface area contributed by atoms with Crippen molar-refractivity contribution in [2.75, 3.05) is 11.9 Å². The average molecular weight is 399 g/mol. The van der Waals surface area contributed by atoms with Gasteiger partial charge in [0.15, 0.2) is 0 Å². The number of nitrogens with one attached hydrogen (secondary N) is 1. The van der Waals surface area contributed by atoms with E-state index in [1.54, 1.807) is 26.0 Å². The minimum Gasteiger partial charge on any atom is -0.462 e. The molecule has 0 spiro atoms. The molecule has 0 unspecified atom stereocenters. The Morgan fingerprint density at radius 2 is 2.11 bits per heavy atom. The molecule has 0 aliphatic heterocycles. The molecule has 0 radical (unpaired) electrons. The number of carbonyl (C=O) groups excluding carboxylic acids is 2. The molecule has 28 heavy (non-hydrogen) atoms. The van der Waals surface area contributed by atoms with Crippen LogP contribution in [0.2, 0.25) is 0 Å². The van der Waals surface area contributed by atoms with E-state index in [0.29, 0.717) is 16.1 Å². The standard InChI is InChI=1S/C19H17N3O5S/c1-4-27-19(24)16-11(2)12(3)28-18(16)21-17(23)14(10-20)8-13-6-5-7-15(9-13)22(25)26/h5-9H,4H2,1-3H3,(H,21,23). The number of hydrogen-bond acceptors (Lipinski definition) is 7. The van der Waals surface area contributed by atoms with Gasteiger partial charge < -0.3 is 10.1 Å². The van der Waals surface area contributed by atoms with Crippen molar-refractivity contribution in [2.24, 2.45) is 0 Å². The molecule has 2 rings (SSSR count). The van der Waals surface area contributed by atoms with Gasteiger partial charge in [0.25, 0.3) is 11.6 Å². The second-order valence-corrected chi connectivity index (χ2v) is 6.91. The summed E-state index contributed by atoms with van der Waals surface area (Å²) in [4.78, 5) is 35.9. The first-order valence-corrected chi connectivity index (χ1v) is 9.04. The van der Waals surface area contributed by atoms with Crippen molar-refractivity contribution in [3.63, 3.8) is 0 Å². The lowest BCUT2D eigenvalue weighted by Crippen LogP contribution is -2.16. The summed E-state index contributed by atoms with van der Waals surface area (Å²) in [7, 11) is 0. The van der Waals surface area contributed by atoms with Gasteiger partial charge in [-0.05, 0) is 38.0 Å². The van der Waals surface area contributed by atoms with Crippen molar-refractivity contribution >= 4 is 40.0 Å². The highest BCUT2D eigenvalue weighted by atomic mass is 32.1. The molecule has 2 aromatic rings. The Morgan fingerprint density at radius 1 is 1.39 bits per heavy atom. The highest BCUT2D eigenvalue weighted by Crippen LogP contribution is 2.33. The number of nitro groups is 1. The highest BCUT2D eigenvalue weighted by Gasteiger charge is 2.23. The maximum absolute atomic E-state index is 12.5. The van der Waals surface area contributed by atoms with Gasteiger partial charge in [-0.3, -0.25) is 14.9 Å². The van der Waals surface area contributed by atoms with Crippen LogP contribution in [-0.2, 0) is 9.53 Å². The van der Waals surface area contributed by atoms with Crippen LogP contribution in [0, 0.1) is 35.3 Å². The van der Waals surface area contributed by atoms with E-state index in [9.17, 15) is 25.0 Å². The summed E-state index contributed by atoms with van der Waals surface area (Å²) >= 11 is 1.21. The Hall–Kier alpha value is -3.51. The average Bonchev–Trinajstić information content (AvgIpc) is 2.93. The van der Waals surface area contributed by atoms with Crippen molar-refractivity contribution in [1.29, 1.82) is 5.26 Å². The summed E-state index contributed by atoms with van der Waals surface area (Å²) in [6, 6.07) is 7.35. The van der Waals surface area contributed by atoms with E-state index in [-0.39, 0.29) is 23.4 Å². The summed E-state index contributed by atoms with van der Waals surface area (Å²) in [5, 5.41) is 23.1. The minimum absolute atomic E-state index is 0.152. The normalized spacial score (nSPS) is 10.9. The van der Waals surface area contributed by atoms with Gasteiger partial charge in [0.1, 0.15) is 16.6 Å². The zero-order chi connectivity index (χ0) is 20.8. The van der Waals surface area contributed by atoms with Crippen LogP contribution in [0.25, 0.3) is 6.08 Å². The number of nitrogens with zero attached hydrogens (tertiary/aromatic N) is 2. The molecular formula is C19H17N3O5S. The zero-order valence-corrected chi connectivity index (χ0v) is 16.3. The van der Waals surface area contributed by atoms with E-state index in [1.807, 2.05) is 6.92 Å². The second-order valence-electron chi connectivity index (χ2n) is 5.68. The predicted octanol–water partition coefficient (Wildman–Crippen LogP) is 4.00. The van der Waals surface area contributed by atoms with Gasteiger partial charge in [-0.1, -0.05) is 12.1 Å². The molecule has 0 fully saturated rings. The van der Waals surface area contributed by atoms with Crippen LogP contribution < -0.4 is 5.32 Å². The molecule has 0 saturated carbocycles. The molecule has 9 heteroatoms. The Balaban J connectivity index is 2.34. The van der Waals surface area contributed by atoms with Gasteiger partial charge >= 0.3 is 5.97 Å². The molecule has 1 N–H and O–H groups in total. The van der Waals surface area contributed by atoms with Crippen LogP contribution in [0.3, 0.4) is 0 Å². The topological polar surface area (TPSA) is 122 Å². The van der Waals surface area contributed by atoms with Gasteiger partial charge in [-0.25, -0.2) is 4.79 Å². The summed E-state index contributed by atoms with van der Waals surface area (Å²) < 4.78 is 5.04. The Labute approximate surface area is 165 Å². The number of hydrogen-bond donors (Lipinski definition) is 1. The highest BCUT2D eigenvalue weighted by molar-refractivity contribution is 7.16. The number of nitro benzene ring substituents is 1. The van der Waals surface area contributed by atoms with E-state index in [1.165, 1.54) is 35.6 Å². The molecule has 1 amide bonds. The largest absolute Gasteiger partial charge is 0.462 e. The van der Waals surface area contributed by atoms with Crippen molar-refractivity contribution in [3.05, 3.63) is 61.5 Å². The first kappa shape index (κ1) is 20.8. The lowest BCUT2D eigenvalue weighted by Gasteiger charge is -2.06.